The number of amides is 1. The number of carboxylic acid groups (broad SMARTS) is 1. The molecule has 202 valence electrons. The number of nitrogens with one attached hydrogen (secondary N) is 2. The number of hydrazone groups is 1. The van der Waals surface area contributed by atoms with E-state index in [0.717, 1.165) is 6.20 Å². The quantitative estimate of drug-likeness (QED) is 0.213. The van der Waals surface area contributed by atoms with E-state index < -0.39 is 29.7 Å². The molecule has 38 heavy (non-hydrogen) atoms. The standard InChI is InChI=1S/C25H26F4N6O3/c1-3-38-20-11-19-15(10-18(20)26)4-6-17(32-19)13-31-34-21-7-5-16(12-30-21)22(25(27,28)29)35-9-8-24(2,14-35)33-23(36)37/h4-7,10-13,22,33H,3,8-9,14H2,1-2H3,(H,30,34)(H,36,37)/t22-,24-/m0/s1. The normalized spacial score (nSPS) is 19.1. The van der Waals surface area contributed by atoms with Crippen molar-refractivity contribution >= 4 is 29.0 Å². The van der Waals surface area contributed by atoms with Gasteiger partial charge in [-0.15, -0.1) is 0 Å². The number of alkyl halides is 3. The SMILES string of the molecule is CCOc1cc2nc(C=NNc3ccc([C@H](N4CC[C@](C)(NC(=O)O)C4)C(F)(F)F)cn3)ccc2cc1F. The fourth-order valence-corrected chi connectivity index (χ4v) is 4.46. The predicted octanol–water partition coefficient (Wildman–Crippen LogP) is 4.95. The molecule has 3 N–H and O–H groups in total. The molecule has 0 spiro atoms. The zero-order valence-electron chi connectivity index (χ0n) is 20.6. The molecule has 2 atom stereocenters. The number of pyridine rings is 2. The first kappa shape index (κ1) is 27.0. The van der Waals surface area contributed by atoms with Crippen LogP contribution in [-0.4, -0.2) is 63.7 Å². The van der Waals surface area contributed by atoms with Crippen molar-refractivity contribution in [1.82, 2.24) is 20.2 Å². The molecule has 1 saturated heterocycles. The summed E-state index contributed by atoms with van der Waals surface area (Å²) in [7, 11) is 0. The minimum atomic E-state index is -4.59. The summed E-state index contributed by atoms with van der Waals surface area (Å²) < 4.78 is 61.2. The van der Waals surface area contributed by atoms with E-state index >= 15 is 0 Å². The molecule has 0 aliphatic carbocycles. The molecular formula is C25H26F4N6O3. The number of hydrogen-bond donors (Lipinski definition) is 3. The molecule has 2 aromatic heterocycles. The monoisotopic (exact) mass is 534 g/mol. The van der Waals surface area contributed by atoms with Crippen molar-refractivity contribution in [2.45, 2.75) is 38.0 Å². The van der Waals surface area contributed by atoms with Crippen LogP contribution < -0.4 is 15.5 Å². The lowest BCUT2D eigenvalue weighted by Crippen LogP contribution is -2.48. The highest BCUT2D eigenvalue weighted by molar-refractivity contribution is 5.86. The molecule has 1 fully saturated rings. The van der Waals surface area contributed by atoms with Crippen LogP contribution in [0.4, 0.5) is 28.2 Å². The Morgan fingerprint density at radius 2 is 2.11 bits per heavy atom. The van der Waals surface area contributed by atoms with Crippen LogP contribution in [0, 0.1) is 5.82 Å². The van der Waals surface area contributed by atoms with Gasteiger partial charge in [0.15, 0.2) is 11.6 Å². The third-order valence-electron chi connectivity index (χ3n) is 6.13. The van der Waals surface area contributed by atoms with E-state index in [0.29, 0.717) is 23.2 Å². The van der Waals surface area contributed by atoms with Crippen molar-refractivity contribution in [3.8, 4) is 5.75 Å². The summed E-state index contributed by atoms with van der Waals surface area (Å²) >= 11 is 0. The first-order valence-corrected chi connectivity index (χ1v) is 11.8. The number of nitrogens with zero attached hydrogens (tertiary/aromatic N) is 4. The number of likely N-dealkylation sites (tertiary alicyclic amines) is 1. The lowest BCUT2D eigenvalue weighted by atomic mass is 10.0. The molecule has 0 bridgehead atoms. The van der Waals surface area contributed by atoms with Gasteiger partial charge in [-0.25, -0.2) is 19.2 Å². The Bertz CT molecular complexity index is 1340. The molecular weight excluding hydrogens is 508 g/mol. The smallest absolute Gasteiger partial charge is 0.408 e. The van der Waals surface area contributed by atoms with Crippen molar-refractivity contribution in [2.75, 3.05) is 25.1 Å². The van der Waals surface area contributed by atoms with Gasteiger partial charge in [-0.1, -0.05) is 12.1 Å². The number of ether oxygens (including phenoxy) is 1. The van der Waals surface area contributed by atoms with Crippen molar-refractivity contribution in [3.05, 3.63) is 59.7 Å². The van der Waals surface area contributed by atoms with Crippen LogP contribution in [0.5, 0.6) is 5.75 Å². The maximum Gasteiger partial charge on any atom is 0.408 e. The summed E-state index contributed by atoms with van der Waals surface area (Å²) in [5.41, 5.74) is 2.58. The molecule has 1 aliphatic rings. The Morgan fingerprint density at radius 1 is 1.32 bits per heavy atom. The van der Waals surface area contributed by atoms with Crippen LogP contribution in [-0.2, 0) is 0 Å². The molecule has 3 aromatic rings. The zero-order valence-corrected chi connectivity index (χ0v) is 20.6. The highest BCUT2D eigenvalue weighted by Gasteiger charge is 2.49. The van der Waals surface area contributed by atoms with Gasteiger partial charge >= 0.3 is 12.3 Å². The van der Waals surface area contributed by atoms with Gasteiger partial charge in [-0.2, -0.15) is 18.3 Å². The third kappa shape index (κ3) is 6.28. The van der Waals surface area contributed by atoms with Crippen molar-refractivity contribution in [3.63, 3.8) is 0 Å². The molecule has 0 radical (unpaired) electrons. The van der Waals surface area contributed by atoms with E-state index in [-0.39, 0.29) is 36.6 Å². The van der Waals surface area contributed by atoms with Crippen LogP contribution in [0.15, 0.2) is 47.7 Å². The summed E-state index contributed by atoms with van der Waals surface area (Å²) in [6.07, 6.45) is -3.10. The highest BCUT2D eigenvalue weighted by Crippen LogP contribution is 2.41. The van der Waals surface area contributed by atoms with Crippen LogP contribution in [0.3, 0.4) is 0 Å². The second kappa shape index (κ2) is 10.8. The molecule has 0 saturated carbocycles. The largest absolute Gasteiger partial charge is 0.491 e. The Balaban J connectivity index is 1.45. The first-order chi connectivity index (χ1) is 18.0. The number of halogens is 4. The maximum atomic E-state index is 14.0. The number of fused-ring (bicyclic) bond motifs is 1. The fourth-order valence-electron chi connectivity index (χ4n) is 4.46. The molecule has 4 rings (SSSR count). The molecule has 1 aliphatic heterocycles. The van der Waals surface area contributed by atoms with Crippen LogP contribution in [0.1, 0.15) is 37.6 Å². The van der Waals surface area contributed by atoms with Gasteiger partial charge in [0, 0.05) is 30.7 Å². The lowest BCUT2D eigenvalue weighted by Gasteiger charge is -2.31. The van der Waals surface area contributed by atoms with Gasteiger partial charge in [0.1, 0.15) is 11.9 Å². The Labute approximate surface area is 215 Å². The van der Waals surface area contributed by atoms with E-state index in [1.807, 2.05) is 0 Å². The predicted molar refractivity (Wildman–Crippen MR) is 133 cm³/mol. The molecule has 0 unspecified atom stereocenters. The van der Waals surface area contributed by atoms with Crippen LogP contribution >= 0.6 is 0 Å². The lowest BCUT2D eigenvalue weighted by molar-refractivity contribution is -0.184. The van der Waals surface area contributed by atoms with E-state index in [4.69, 9.17) is 9.84 Å². The summed E-state index contributed by atoms with van der Waals surface area (Å²) in [5.74, 6) is -0.175. The first-order valence-electron chi connectivity index (χ1n) is 11.8. The van der Waals surface area contributed by atoms with Crippen molar-refractivity contribution in [1.29, 1.82) is 0 Å². The summed E-state index contributed by atoms with van der Waals surface area (Å²) in [4.78, 5) is 20.7. The van der Waals surface area contributed by atoms with Gasteiger partial charge in [0.2, 0.25) is 0 Å². The minimum absolute atomic E-state index is 0.0693. The Hall–Kier alpha value is -4.00. The number of anilines is 1. The van der Waals surface area contributed by atoms with Crippen LogP contribution in [0.2, 0.25) is 0 Å². The molecule has 13 heteroatoms. The van der Waals surface area contributed by atoms with E-state index in [2.05, 4.69) is 25.8 Å². The number of carbonyl (C=O) groups is 1. The van der Waals surface area contributed by atoms with Gasteiger partial charge in [-0.05, 0) is 44.0 Å². The van der Waals surface area contributed by atoms with E-state index in [1.54, 1.807) is 26.0 Å². The fraction of sp³-hybridized carbons (Fsp3) is 0.360. The number of hydrogen-bond acceptors (Lipinski definition) is 7. The molecule has 3 heterocycles. The average molecular weight is 535 g/mol. The van der Waals surface area contributed by atoms with Gasteiger partial charge in [-0.3, -0.25) is 10.3 Å². The second-order valence-electron chi connectivity index (χ2n) is 9.15. The van der Waals surface area contributed by atoms with Gasteiger partial charge in [0.25, 0.3) is 0 Å². The number of rotatable bonds is 8. The van der Waals surface area contributed by atoms with Crippen LogP contribution in [0.25, 0.3) is 10.9 Å². The number of benzene rings is 1. The highest BCUT2D eigenvalue weighted by atomic mass is 19.4. The second-order valence-corrected chi connectivity index (χ2v) is 9.15. The Morgan fingerprint density at radius 3 is 2.76 bits per heavy atom. The van der Waals surface area contributed by atoms with E-state index in [9.17, 15) is 22.4 Å². The maximum absolute atomic E-state index is 14.0. The molecule has 1 aromatic carbocycles. The molecule has 1 amide bonds. The van der Waals surface area contributed by atoms with E-state index in [1.165, 1.54) is 35.4 Å². The van der Waals surface area contributed by atoms with Crippen molar-refractivity contribution < 1.29 is 32.2 Å². The summed E-state index contributed by atoms with van der Waals surface area (Å²) in [6, 6.07) is 6.90. The average Bonchev–Trinajstić information content (AvgIpc) is 3.20. The summed E-state index contributed by atoms with van der Waals surface area (Å²) in [6.45, 7) is 3.62. The third-order valence-corrected chi connectivity index (χ3v) is 6.13. The Kier molecular flexibility index (Phi) is 7.67. The van der Waals surface area contributed by atoms with Gasteiger partial charge in [0.05, 0.1) is 29.6 Å². The summed E-state index contributed by atoms with van der Waals surface area (Å²) in [5, 5.41) is 15.9. The zero-order chi connectivity index (χ0) is 27.5. The minimum Gasteiger partial charge on any atom is -0.491 e. The van der Waals surface area contributed by atoms with Gasteiger partial charge < -0.3 is 15.2 Å². The topological polar surface area (TPSA) is 112 Å². The number of aromatic nitrogens is 2. The van der Waals surface area contributed by atoms with Crippen molar-refractivity contribution in [2.24, 2.45) is 5.10 Å². The molecule has 9 nitrogen and oxygen atoms in total.